The summed E-state index contributed by atoms with van der Waals surface area (Å²) in [6, 6.07) is 15.8. The van der Waals surface area contributed by atoms with Gasteiger partial charge in [-0.3, -0.25) is 9.36 Å². The van der Waals surface area contributed by atoms with E-state index in [1.807, 2.05) is 12.3 Å². The van der Waals surface area contributed by atoms with Crippen molar-refractivity contribution in [2.24, 2.45) is 0 Å². The molecule has 4 aromatic rings. The summed E-state index contributed by atoms with van der Waals surface area (Å²) in [4.78, 5) is 21.7. The summed E-state index contributed by atoms with van der Waals surface area (Å²) in [5, 5.41) is 1.33. The Hall–Kier alpha value is -2.68. The summed E-state index contributed by atoms with van der Waals surface area (Å²) in [6.45, 7) is 0. The van der Waals surface area contributed by atoms with E-state index in [-0.39, 0.29) is 9.79 Å². The van der Waals surface area contributed by atoms with E-state index in [1.54, 1.807) is 24.3 Å². The van der Waals surface area contributed by atoms with Gasteiger partial charge in [0.2, 0.25) is 9.84 Å². The third-order valence-electron chi connectivity index (χ3n) is 4.30. The minimum atomic E-state index is -4.08. The van der Waals surface area contributed by atoms with Crippen molar-refractivity contribution in [1.82, 2.24) is 14.5 Å². The normalized spacial score (nSPS) is 11.7. The van der Waals surface area contributed by atoms with E-state index in [0.29, 0.717) is 26.9 Å². The number of fused-ring (bicyclic) bond motifs is 1. The first-order valence-electron chi connectivity index (χ1n) is 8.44. The van der Waals surface area contributed by atoms with Crippen LogP contribution in [0.5, 0.6) is 0 Å². The number of hydrogen-bond acceptors (Lipinski definition) is 6. The number of hydrogen-bond donors (Lipinski definition) is 0. The molecule has 0 radical (unpaired) electrons. The van der Waals surface area contributed by atoms with Crippen LogP contribution in [-0.2, 0) is 9.84 Å². The van der Waals surface area contributed by atoms with Gasteiger partial charge < -0.3 is 0 Å². The van der Waals surface area contributed by atoms with Crippen LogP contribution < -0.4 is 5.56 Å². The third kappa shape index (κ3) is 3.55. The number of para-hydroxylation sites is 1. The van der Waals surface area contributed by atoms with Crippen molar-refractivity contribution in [3.05, 3.63) is 82.2 Å². The summed E-state index contributed by atoms with van der Waals surface area (Å²) < 4.78 is 27.7. The molecule has 6 nitrogen and oxygen atoms in total. The highest BCUT2D eigenvalue weighted by Gasteiger charge is 2.25. The molecule has 0 aliphatic rings. The maximum Gasteiger partial charge on any atom is 0.275 e. The first-order valence-corrected chi connectivity index (χ1v) is 11.5. The second-order valence-electron chi connectivity index (χ2n) is 6.08. The lowest BCUT2D eigenvalue weighted by Gasteiger charge is -2.13. The van der Waals surface area contributed by atoms with Crippen molar-refractivity contribution in [3.63, 3.8) is 0 Å². The van der Waals surface area contributed by atoms with Gasteiger partial charge in [-0.15, -0.1) is 0 Å². The SMILES string of the molecule is CSc1ncc2cc(S(=O)(=O)c3ccc(Cl)cc3)c(=O)n(-c3ccccc3)c2n1. The summed E-state index contributed by atoms with van der Waals surface area (Å²) >= 11 is 7.20. The number of nitrogens with zero attached hydrogens (tertiary/aromatic N) is 3. The second kappa shape index (κ2) is 7.62. The predicted molar refractivity (Wildman–Crippen MR) is 114 cm³/mol. The van der Waals surface area contributed by atoms with Crippen LogP contribution in [0, 0.1) is 0 Å². The Morgan fingerprint density at radius 3 is 2.38 bits per heavy atom. The lowest BCUT2D eigenvalue weighted by atomic mass is 10.2. The lowest BCUT2D eigenvalue weighted by molar-refractivity contribution is 0.594. The van der Waals surface area contributed by atoms with Crippen molar-refractivity contribution >= 4 is 44.2 Å². The standard InChI is InChI=1S/C20H14ClN3O3S2/c1-28-20-22-12-13-11-17(29(26,27)16-9-7-14(21)8-10-16)19(25)24(18(13)23-20)15-5-3-2-4-6-15/h2-12H,1H3. The van der Waals surface area contributed by atoms with Gasteiger partial charge in [0.25, 0.3) is 5.56 Å². The Balaban J connectivity index is 2.08. The fraction of sp³-hybridized carbons (Fsp3) is 0.0500. The predicted octanol–water partition coefficient (Wildman–Crippen LogP) is 3.99. The zero-order valence-electron chi connectivity index (χ0n) is 15.1. The molecule has 29 heavy (non-hydrogen) atoms. The van der Waals surface area contributed by atoms with Gasteiger partial charge in [-0.25, -0.2) is 18.4 Å². The van der Waals surface area contributed by atoms with Crippen molar-refractivity contribution in [3.8, 4) is 5.69 Å². The molecule has 9 heteroatoms. The molecule has 0 amide bonds. The first kappa shape index (κ1) is 19.6. The van der Waals surface area contributed by atoms with Gasteiger partial charge in [0.05, 0.1) is 10.6 Å². The molecule has 0 N–H and O–H groups in total. The van der Waals surface area contributed by atoms with Crippen LogP contribution >= 0.6 is 23.4 Å². The molecule has 4 rings (SSSR count). The molecule has 2 aromatic heterocycles. The number of aromatic nitrogens is 3. The van der Waals surface area contributed by atoms with Crippen LogP contribution in [0.4, 0.5) is 0 Å². The van der Waals surface area contributed by atoms with Crippen LogP contribution in [0.15, 0.2) is 86.6 Å². The van der Waals surface area contributed by atoms with E-state index in [9.17, 15) is 13.2 Å². The van der Waals surface area contributed by atoms with E-state index < -0.39 is 15.4 Å². The second-order valence-corrected chi connectivity index (χ2v) is 9.21. The summed E-state index contributed by atoms with van der Waals surface area (Å²) in [6.07, 6.45) is 3.35. The molecule has 0 atom stereocenters. The molecule has 0 bridgehead atoms. The van der Waals surface area contributed by atoms with Gasteiger partial charge in [-0.1, -0.05) is 41.6 Å². The van der Waals surface area contributed by atoms with Crippen molar-refractivity contribution in [1.29, 1.82) is 0 Å². The van der Waals surface area contributed by atoms with Gasteiger partial charge in [0.15, 0.2) is 10.8 Å². The Kier molecular flexibility index (Phi) is 5.16. The van der Waals surface area contributed by atoms with E-state index in [2.05, 4.69) is 9.97 Å². The molecule has 0 aliphatic carbocycles. The van der Waals surface area contributed by atoms with Gasteiger partial charge in [0, 0.05) is 16.6 Å². The first-order chi connectivity index (χ1) is 13.9. The topological polar surface area (TPSA) is 81.9 Å². The number of pyridine rings is 1. The number of rotatable bonds is 4. The molecule has 2 heterocycles. The molecule has 0 fully saturated rings. The Morgan fingerprint density at radius 1 is 1.03 bits per heavy atom. The molecular weight excluding hydrogens is 430 g/mol. The quantitative estimate of drug-likeness (QED) is 0.350. The average molecular weight is 444 g/mol. The molecule has 0 unspecified atom stereocenters. The molecule has 2 aromatic carbocycles. The van der Waals surface area contributed by atoms with Crippen LogP contribution in [0.25, 0.3) is 16.7 Å². The maximum absolute atomic E-state index is 13.4. The third-order valence-corrected chi connectivity index (χ3v) is 6.87. The Morgan fingerprint density at radius 2 is 1.72 bits per heavy atom. The average Bonchev–Trinajstić information content (AvgIpc) is 2.73. The van der Waals surface area contributed by atoms with Gasteiger partial charge >= 0.3 is 0 Å². The molecular formula is C20H14ClN3O3S2. The largest absolute Gasteiger partial charge is 0.275 e. The van der Waals surface area contributed by atoms with Crippen LogP contribution in [0.2, 0.25) is 5.02 Å². The molecule has 0 aliphatic heterocycles. The lowest BCUT2D eigenvalue weighted by Crippen LogP contribution is -2.26. The van der Waals surface area contributed by atoms with Crippen LogP contribution in [0.3, 0.4) is 0 Å². The number of thioether (sulfide) groups is 1. The molecule has 0 spiro atoms. The van der Waals surface area contributed by atoms with E-state index in [1.165, 1.54) is 52.9 Å². The zero-order valence-corrected chi connectivity index (χ0v) is 17.5. The van der Waals surface area contributed by atoms with Gasteiger partial charge in [-0.2, -0.15) is 0 Å². The minimum absolute atomic E-state index is 0.0142. The Bertz CT molecular complexity index is 1370. The fourth-order valence-electron chi connectivity index (χ4n) is 2.90. The van der Waals surface area contributed by atoms with Crippen LogP contribution in [-0.4, -0.2) is 29.2 Å². The van der Waals surface area contributed by atoms with E-state index >= 15 is 0 Å². The fourth-order valence-corrected chi connectivity index (χ4v) is 4.72. The number of halogens is 1. The van der Waals surface area contributed by atoms with Crippen molar-refractivity contribution in [2.75, 3.05) is 6.26 Å². The van der Waals surface area contributed by atoms with Crippen LogP contribution in [0.1, 0.15) is 0 Å². The molecule has 0 saturated heterocycles. The highest BCUT2D eigenvalue weighted by molar-refractivity contribution is 7.98. The van der Waals surface area contributed by atoms with E-state index in [4.69, 9.17) is 11.6 Å². The highest BCUT2D eigenvalue weighted by Crippen LogP contribution is 2.25. The summed E-state index contributed by atoms with van der Waals surface area (Å²) in [7, 11) is -4.08. The minimum Gasteiger partial charge on any atom is -0.267 e. The zero-order chi connectivity index (χ0) is 20.6. The molecule has 146 valence electrons. The smallest absolute Gasteiger partial charge is 0.267 e. The van der Waals surface area contributed by atoms with E-state index in [0.717, 1.165) is 0 Å². The van der Waals surface area contributed by atoms with Crippen molar-refractivity contribution in [2.45, 2.75) is 14.9 Å². The number of sulfone groups is 1. The van der Waals surface area contributed by atoms with Gasteiger partial charge in [-0.05, 0) is 48.7 Å². The summed E-state index contributed by atoms with van der Waals surface area (Å²) in [5.41, 5.74) is 0.182. The van der Waals surface area contributed by atoms with Crippen molar-refractivity contribution < 1.29 is 8.42 Å². The molecule has 0 saturated carbocycles. The Labute approximate surface area is 176 Å². The monoisotopic (exact) mass is 443 g/mol. The summed E-state index contributed by atoms with van der Waals surface area (Å²) in [5.74, 6) is 0. The maximum atomic E-state index is 13.4. The highest BCUT2D eigenvalue weighted by atomic mass is 35.5. The van der Waals surface area contributed by atoms with Gasteiger partial charge in [0.1, 0.15) is 4.90 Å². The number of benzene rings is 2.